The first-order valence-corrected chi connectivity index (χ1v) is 8.93. The van der Waals surface area contributed by atoms with Gasteiger partial charge in [0, 0.05) is 19.2 Å². The van der Waals surface area contributed by atoms with Gasteiger partial charge in [-0.2, -0.15) is 0 Å². The Balaban J connectivity index is 0.00000338. The summed E-state index contributed by atoms with van der Waals surface area (Å²) < 4.78 is 5.55. The van der Waals surface area contributed by atoms with Crippen molar-refractivity contribution in [2.75, 3.05) is 33.2 Å². The summed E-state index contributed by atoms with van der Waals surface area (Å²) in [4.78, 5) is 11.2. The fourth-order valence-electron chi connectivity index (χ4n) is 2.55. The molecule has 0 fully saturated rings. The van der Waals surface area contributed by atoms with E-state index in [1.807, 2.05) is 30.3 Å². The quantitative estimate of drug-likeness (QED) is 0.254. The number of nitrogens with zero attached hydrogens (tertiary/aromatic N) is 3. The van der Waals surface area contributed by atoms with Gasteiger partial charge < -0.3 is 20.0 Å². The standard InChI is InChI=1S/C19H29N5O.HI/c1-4-24(5-2)13-9-12-21-19(20-3)22-14-17-15-25-18(23-17)16-10-7-6-8-11-16;/h6-8,10-11,15H,4-5,9,12-14H2,1-3H3,(H2,20,21,22);1H. The zero-order chi connectivity index (χ0) is 17.9. The Labute approximate surface area is 173 Å². The van der Waals surface area contributed by atoms with E-state index in [0.29, 0.717) is 12.4 Å². The summed E-state index contributed by atoms with van der Waals surface area (Å²) in [5, 5.41) is 6.60. The lowest BCUT2D eigenvalue weighted by Gasteiger charge is -2.18. The van der Waals surface area contributed by atoms with Crippen LogP contribution in [-0.2, 0) is 6.54 Å². The minimum atomic E-state index is 0. The van der Waals surface area contributed by atoms with Crippen LogP contribution in [0.25, 0.3) is 11.5 Å². The summed E-state index contributed by atoms with van der Waals surface area (Å²) in [6.45, 7) is 9.15. The average Bonchev–Trinajstić information content (AvgIpc) is 3.14. The highest BCUT2D eigenvalue weighted by atomic mass is 127. The van der Waals surface area contributed by atoms with Crippen LogP contribution >= 0.6 is 24.0 Å². The maximum absolute atomic E-state index is 5.55. The number of benzene rings is 1. The van der Waals surface area contributed by atoms with Crippen molar-refractivity contribution in [1.82, 2.24) is 20.5 Å². The van der Waals surface area contributed by atoms with E-state index in [9.17, 15) is 0 Å². The molecule has 2 N–H and O–H groups in total. The zero-order valence-corrected chi connectivity index (χ0v) is 18.2. The number of hydrogen-bond acceptors (Lipinski definition) is 4. The molecule has 144 valence electrons. The number of oxazole rings is 1. The third-order valence-electron chi connectivity index (χ3n) is 4.07. The minimum absolute atomic E-state index is 0. The topological polar surface area (TPSA) is 65.7 Å². The van der Waals surface area contributed by atoms with Gasteiger partial charge in [0.25, 0.3) is 0 Å². The van der Waals surface area contributed by atoms with Gasteiger partial charge in [0.1, 0.15) is 6.26 Å². The smallest absolute Gasteiger partial charge is 0.226 e. The molecule has 0 bridgehead atoms. The predicted octanol–water partition coefficient (Wildman–Crippen LogP) is 3.36. The highest BCUT2D eigenvalue weighted by molar-refractivity contribution is 14.0. The van der Waals surface area contributed by atoms with Gasteiger partial charge >= 0.3 is 0 Å². The van der Waals surface area contributed by atoms with Gasteiger partial charge in [-0.25, -0.2) is 4.98 Å². The Kier molecular flexibility index (Phi) is 11.0. The van der Waals surface area contributed by atoms with Gasteiger partial charge in [0.15, 0.2) is 5.96 Å². The molecule has 0 saturated carbocycles. The molecular weight excluding hydrogens is 441 g/mol. The van der Waals surface area contributed by atoms with Gasteiger partial charge in [0.2, 0.25) is 5.89 Å². The Hall–Kier alpha value is -1.61. The second-order valence-corrected chi connectivity index (χ2v) is 5.74. The molecular formula is C19H30IN5O. The van der Waals surface area contributed by atoms with Gasteiger partial charge in [-0.05, 0) is 38.2 Å². The molecule has 0 aliphatic heterocycles. The van der Waals surface area contributed by atoms with Crippen molar-refractivity contribution < 1.29 is 4.42 Å². The largest absolute Gasteiger partial charge is 0.444 e. The third kappa shape index (κ3) is 7.33. The van der Waals surface area contributed by atoms with Crippen LogP contribution in [0.15, 0.2) is 46.0 Å². The van der Waals surface area contributed by atoms with E-state index in [2.05, 4.69) is 39.4 Å². The third-order valence-corrected chi connectivity index (χ3v) is 4.07. The normalized spacial score (nSPS) is 11.3. The number of hydrogen-bond donors (Lipinski definition) is 2. The van der Waals surface area contributed by atoms with E-state index in [-0.39, 0.29) is 24.0 Å². The maximum atomic E-state index is 5.55. The van der Waals surface area contributed by atoms with Crippen molar-refractivity contribution in [3.63, 3.8) is 0 Å². The molecule has 26 heavy (non-hydrogen) atoms. The highest BCUT2D eigenvalue weighted by Crippen LogP contribution is 2.17. The van der Waals surface area contributed by atoms with Crippen LogP contribution in [0.4, 0.5) is 0 Å². The summed E-state index contributed by atoms with van der Waals surface area (Å²) in [6, 6.07) is 9.90. The lowest BCUT2D eigenvalue weighted by Crippen LogP contribution is -2.38. The van der Waals surface area contributed by atoms with Gasteiger partial charge in [0.05, 0.1) is 12.2 Å². The SMILES string of the molecule is CCN(CC)CCCNC(=NC)NCc1coc(-c2ccccc2)n1.I. The molecule has 0 spiro atoms. The molecule has 0 amide bonds. The van der Waals surface area contributed by atoms with Crippen molar-refractivity contribution in [2.45, 2.75) is 26.8 Å². The van der Waals surface area contributed by atoms with Crippen LogP contribution in [0.1, 0.15) is 26.0 Å². The van der Waals surface area contributed by atoms with Crippen LogP contribution in [0.2, 0.25) is 0 Å². The molecule has 0 atom stereocenters. The summed E-state index contributed by atoms with van der Waals surface area (Å²) >= 11 is 0. The van der Waals surface area contributed by atoms with Crippen molar-refractivity contribution >= 4 is 29.9 Å². The van der Waals surface area contributed by atoms with Crippen molar-refractivity contribution in [3.05, 3.63) is 42.3 Å². The molecule has 6 nitrogen and oxygen atoms in total. The fraction of sp³-hybridized carbons (Fsp3) is 0.474. The number of halogens is 1. The van der Waals surface area contributed by atoms with Gasteiger partial charge in [-0.1, -0.05) is 32.0 Å². The lowest BCUT2D eigenvalue weighted by molar-refractivity contribution is 0.300. The maximum Gasteiger partial charge on any atom is 0.226 e. The fourth-order valence-corrected chi connectivity index (χ4v) is 2.55. The van der Waals surface area contributed by atoms with Crippen LogP contribution in [-0.4, -0.2) is 49.1 Å². The van der Waals surface area contributed by atoms with Crippen molar-refractivity contribution in [3.8, 4) is 11.5 Å². The van der Waals surface area contributed by atoms with E-state index in [0.717, 1.165) is 49.8 Å². The molecule has 0 aliphatic rings. The van der Waals surface area contributed by atoms with E-state index in [1.165, 1.54) is 0 Å². The second kappa shape index (κ2) is 12.7. The zero-order valence-electron chi connectivity index (χ0n) is 15.9. The van der Waals surface area contributed by atoms with Crippen LogP contribution in [0.5, 0.6) is 0 Å². The molecule has 2 aromatic rings. The predicted molar refractivity (Wildman–Crippen MR) is 118 cm³/mol. The number of aromatic nitrogens is 1. The number of guanidine groups is 1. The lowest BCUT2D eigenvalue weighted by atomic mass is 10.2. The Morgan fingerprint density at radius 3 is 2.54 bits per heavy atom. The highest BCUT2D eigenvalue weighted by Gasteiger charge is 2.07. The minimum Gasteiger partial charge on any atom is -0.444 e. The summed E-state index contributed by atoms with van der Waals surface area (Å²) in [5.41, 5.74) is 1.83. The first kappa shape index (κ1) is 22.4. The molecule has 1 heterocycles. The van der Waals surface area contributed by atoms with Crippen molar-refractivity contribution in [2.24, 2.45) is 4.99 Å². The molecule has 2 rings (SSSR count). The van der Waals surface area contributed by atoms with Crippen LogP contribution in [0.3, 0.4) is 0 Å². The second-order valence-electron chi connectivity index (χ2n) is 5.74. The number of nitrogens with one attached hydrogen (secondary N) is 2. The van der Waals surface area contributed by atoms with Crippen molar-refractivity contribution in [1.29, 1.82) is 0 Å². The van der Waals surface area contributed by atoms with E-state index < -0.39 is 0 Å². The molecule has 0 saturated heterocycles. The monoisotopic (exact) mass is 471 g/mol. The molecule has 1 aromatic carbocycles. The molecule has 0 unspecified atom stereocenters. The van der Waals surface area contributed by atoms with Gasteiger partial charge in [-0.15, -0.1) is 24.0 Å². The Morgan fingerprint density at radius 2 is 1.88 bits per heavy atom. The molecule has 0 radical (unpaired) electrons. The average molecular weight is 471 g/mol. The van der Waals surface area contributed by atoms with Gasteiger partial charge in [-0.3, -0.25) is 4.99 Å². The summed E-state index contributed by atoms with van der Waals surface area (Å²) in [6.07, 6.45) is 2.77. The van der Waals surface area contributed by atoms with E-state index in [1.54, 1.807) is 13.3 Å². The number of rotatable bonds is 9. The first-order valence-electron chi connectivity index (χ1n) is 8.93. The van der Waals surface area contributed by atoms with Crippen LogP contribution in [0, 0.1) is 0 Å². The summed E-state index contributed by atoms with van der Waals surface area (Å²) in [5.74, 6) is 1.42. The van der Waals surface area contributed by atoms with Crippen LogP contribution < -0.4 is 10.6 Å². The molecule has 7 heteroatoms. The Bertz CT molecular complexity index is 640. The first-order chi connectivity index (χ1) is 12.3. The van der Waals surface area contributed by atoms with E-state index in [4.69, 9.17) is 4.42 Å². The molecule has 1 aromatic heterocycles. The Morgan fingerprint density at radius 1 is 1.15 bits per heavy atom. The summed E-state index contributed by atoms with van der Waals surface area (Å²) in [7, 11) is 1.78. The molecule has 0 aliphatic carbocycles. The van der Waals surface area contributed by atoms with E-state index >= 15 is 0 Å². The number of aliphatic imine (C=N–C) groups is 1.